The van der Waals surface area contributed by atoms with Gasteiger partial charge in [0.15, 0.2) is 0 Å². The molecule has 2 aromatic carbocycles. The van der Waals surface area contributed by atoms with Gasteiger partial charge in [0.1, 0.15) is 5.75 Å². The van der Waals surface area contributed by atoms with E-state index in [1.54, 1.807) is 24.3 Å². The van der Waals surface area contributed by atoms with E-state index in [1.165, 1.54) is 18.5 Å². The lowest BCUT2D eigenvalue weighted by Crippen LogP contribution is -2.25. The Morgan fingerprint density at radius 1 is 1.17 bits per heavy atom. The molecule has 0 spiro atoms. The summed E-state index contributed by atoms with van der Waals surface area (Å²) in [5, 5.41) is 6.95. The molecule has 3 aromatic rings. The van der Waals surface area contributed by atoms with Crippen LogP contribution < -0.4 is 15.5 Å². The highest BCUT2D eigenvalue weighted by molar-refractivity contribution is 9.10. The molecule has 148 valence electrons. The third-order valence-corrected chi connectivity index (χ3v) is 4.29. The van der Waals surface area contributed by atoms with Crippen molar-refractivity contribution < 1.29 is 18.7 Å². The van der Waals surface area contributed by atoms with Crippen molar-refractivity contribution in [1.82, 2.24) is 5.43 Å². The normalized spacial score (nSPS) is 10.7. The predicted molar refractivity (Wildman–Crippen MR) is 113 cm³/mol. The lowest BCUT2D eigenvalue weighted by atomic mass is 10.2. The minimum Gasteiger partial charge on any atom is -0.457 e. The molecular formula is C21H18BrN3O4. The summed E-state index contributed by atoms with van der Waals surface area (Å²) in [6.07, 6.45) is 2.79. The smallest absolute Gasteiger partial charge is 0.379 e. The number of hydrogen-bond donors (Lipinski definition) is 2. The van der Waals surface area contributed by atoms with Crippen LogP contribution in [0.1, 0.15) is 21.7 Å². The van der Waals surface area contributed by atoms with E-state index in [4.69, 9.17) is 9.15 Å². The number of amides is 1. The summed E-state index contributed by atoms with van der Waals surface area (Å²) in [6.45, 7) is 2.06. The van der Waals surface area contributed by atoms with Crippen LogP contribution in [0.5, 0.6) is 5.75 Å². The Labute approximate surface area is 175 Å². The molecule has 0 aliphatic heterocycles. The second-order valence-corrected chi connectivity index (χ2v) is 6.98. The number of furan rings is 1. The number of benzene rings is 2. The second kappa shape index (κ2) is 9.70. The number of anilines is 1. The Morgan fingerprint density at radius 3 is 2.69 bits per heavy atom. The van der Waals surface area contributed by atoms with Gasteiger partial charge in [-0.3, -0.25) is 4.79 Å². The van der Waals surface area contributed by atoms with Crippen molar-refractivity contribution >= 4 is 39.7 Å². The number of esters is 1. The molecule has 0 saturated carbocycles. The van der Waals surface area contributed by atoms with Crippen molar-refractivity contribution in [2.24, 2.45) is 5.10 Å². The monoisotopic (exact) mass is 455 g/mol. The van der Waals surface area contributed by atoms with E-state index in [1.807, 2.05) is 31.2 Å². The SMILES string of the molecule is Cc1ccc(NCC(=O)N/N=C\c2cc(Br)ccc2OC(=O)c2ccco2)cc1. The van der Waals surface area contributed by atoms with E-state index in [2.05, 4.69) is 31.8 Å². The average Bonchev–Trinajstić information content (AvgIpc) is 3.24. The van der Waals surface area contributed by atoms with Crippen LogP contribution >= 0.6 is 15.9 Å². The molecule has 8 heteroatoms. The van der Waals surface area contributed by atoms with Crippen molar-refractivity contribution in [2.45, 2.75) is 6.92 Å². The third kappa shape index (κ3) is 6.05. The van der Waals surface area contributed by atoms with Gasteiger partial charge in [0.05, 0.1) is 19.0 Å². The summed E-state index contributed by atoms with van der Waals surface area (Å²) in [4.78, 5) is 24.0. The fraction of sp³-hybridized carbons (Fsp3) is 0.0952. The number of hydrogen-bond acceptors (Lipinski definition) is 6. The molecule has 0 atom stereocenters. The molecule has 0 saturated heterocycles. The van der Waals surface area contributed by atoms with Gasteiger partial charge in [-0.05, 0) is 49.4 Å². The quantitative estimate of drug-likeness (QED) is 0.241. The minimum absolute atomic E-state index is 0.0687. The zero-order valence-electron chi connectivity index (χ0n) is 15.5. The molecule has 0 fully saturated rings. The Kier molecular flexibility index (Phi) is 6.80. The van der Waals surface area contributed by atoms with Gasteiger partial charge in [0, 0.05) is 15.7 Å². The van der Waals surface area contributed by atoms with Crippen LogP contribution in [0, 0.1) is 6.92 Å². The van der Waals surface area contributed by atoms with E-state index in [-0.39, 0.29) is 24.0 Å². The Morgan fingerprint density at radius 2 is 1.97 bits per heavy atom. The van der Waals surface area contributed by atoms with Gasteiger partial charge in [-0.15, -0.1) is 0 Å². The largest absolute Gasteiger partial charge is 0.457 e. The number of halogens is 1. The van der Waals surface area contributed by atoms with Crippen LogP contribution in [-0.2, 0) is 4.79 Å². The molecule has 0 unspecified atom stereocenters. The number of nitrogens with one attached hydrogen (secondary N) is 2. The van der Waals surface area contributed by atoms with Gasteiger partial charge < -0.3 is 14.5 Å². The Hall–Kier alpha value is -3.39. The van der Waals surface area contributed by atoms with Gasteiger partial charge in [0.25, 0.3) is 5.91 Å². The lowest BCUT2D eigenvalue weighted by molar-refractivity contribution is -0.119. The number of hydrazone groups is 1. The number of nitrogens with zero attached hydrogens (tertiary/aromatic N) is 1. The number of aryl methyl sites for hydroxylation is 1. The van der Waals surface area contributed by atoms with Crippen LogP contribution in [0.4, 0.5) is 5.69 Å². The molecule has 0 aliphatic carbocycles. The molecule has 3 rings (SSSR count). The van der Waals surface area contributed by atoms with Gasteiger partial charge in [-0.1, -0.05) is 33.6 Å². The molecule has 2 N–H and O–H groups in total. The first kappa shape index (κ1) is 20.3. The standard InChI is InChI=1S/C21H18BrN3O4/c1-14-4-7-17(8-5-14)23-13-20(26)25-24-12-15-11-16(22)6-9-18(15)29-21(27)19-3-2-10-28-19/h2-12,23H,13H2,1H3,(H,25,26)/b24-12-. The highest BCUT2D eigenvalue weighted by Crippen LogP contribution is 2.23. The summed E-state index contributed by atoms with van der Waals surface area (Å²) in [5.74, 6) is -0.569. The minimum atomic E-state index is -0.627. The first-order valence-electron chi connectivity index (χ1n) is 8.69. The van der Waals surface area contributed by atoms with Crippen molar-refractivity contribution in [2.75, 3.05) is 11.9 Å². The molecule has 0 radical (unpaired) electrons. The van der Waals surface area contributed by atoms with Crippen molar-refractivity contribution in [3.05, 3.63) is 82.2 Å². The Balaban J connectivity index is 1.59. The molecule has 0 aliphatic rings. The van der Waals surface area contributed by atoms with Gasteiger partial charge in [0.2, 0.25) is 5.76 Å². The summed E-state index contributed by atoms with van der Waals surface area (Å²) in [6, 6.07) is 15.9. The zero-order chi connectivity index (χ0) is 20.6. The third-order valence-electron chi connectivity index (χ3n) is 3.79. The first-order valence-corrected chi connectivity index (χ1v) is 9.48. The fourth-order valence-corrected chi connectivity index (χ4v) is 2.70. The van der Waals surface area contributed by atoms with Crippen molar-refractivity contribution in [1.29, 1.82) is 0 Å². The van der Waals surface area contributed by atoms with Gasteiger partial charge in [-0.25, -0.2) is 10.2 Å². The predicted octanol–water partition coefficient (Wildman–Crippen LogP) is 4.13. The van der Waals surface area contributed by atoms with Crippen LogP contribution in [0.15, 0.2) is 74.9 Å². The summed E-state index contributed by atoms with van der Waals surface area (Å²) < 4.78 is 11.1. The summed E-state index contributed by atoms with van der Waals surface area (Å²) in [7, 11) is 0. The van der Waals surface area contributed by atoms with E-state index < -0.39 is 5.97 Å². The van der Waals surface area contributed by atoms with E-state index in [9.17, 15) is 9.59 Å². The van der Waals surface area contributed by atoms with E-state index in [0.717, 1.165) is 15.7 Å². The maximum atomic E-state index is 12.1. The highest BCUT2D eigenvalue weighted by Gasteiger charge is 2.13. The lowest BCUT2D eigenvalue weighted by Gasteiger charge is -2.07. The van der Waals surface area contributed by atoms with Crippen molar-refractivity contribution in [3.63, 3.8) is 0 Å². The number of carbonyl (C=O) groups excluding carboxylic acids is 2. The topological polar surface area (TPSA) is 92.9 Å². The van der Waals surface area contributed by atoms with Gasteiger partial charge >= 0.3 is 5.97 Å². The molecule has 0 bridgehead atoms. The zero-order valence-corrected chi connectivity index (χ0v) is 17.1. The van der Waals surface area contributed by atoms with E-state index >= 15 is 0 Å². The molecular weight excluding hydrogens is 438 g/mol. The number of ether oxygens (including phenoxy) is 1. The van der Waals surface area contributed by atoms with Crippen molar-refractivity contribution in [3.8, 4) is 5.75 Å². The number of carbonyl (C=O) groups is 2. The molecule has 1 aromatic heterocycles. The van der Waals surface area contributed by atoms with Crippen LogP contribution in [0.25, 0.3) is 0 Å². The Bertz CT molecular complexity index is 1010. The fourth-order valence-electron chi connectivity index (χ4n) is 2.33. The van der Waals surface area contributed by atoms with Crippen LogP contribution in [0.2, 0.25) is 0 Å². The van der Waals surface area contributed by atoms with Crippen LogP contribution in [-0.4, -0.2) is 24.6 Å². The molecule has 29 heavy (non-hydrogen) atoms. The average molecular weight is 456 g/mol. The van der Waals surface area contributed by atoms with E-state index in [0.29, 0.717) is 5.56 Å². The second-order valence-electron chi connectivity index (χ2n) is 6.06. The number of rotatable bonds is 7. The molecule has 7 nitrogen and oxygen atoms in total. The molecule has 1 amide bonds. The first-order chi connectivity index (χ1) is 14.0. The van der Waals surface area contributed by atoms with Gasteiger partial charge in [-0.2, -0.15) is 5.10 Å². The highest BCUT2D eigenvalue weighted by atomic mass is 79.9. The summed E-state index contributed by atoms with van der Waals surface area (Å²) >= 11 is 3.36. The molecule has 1 heterocycles. The summed E-state index contributed by atoms with van der Waals surface area (Å²) in [5.41, 5.74) is 4.92. The van der Waals surface area contributed by atoms with Crippen LogP contribution in [0.3, 0.4) is 0 Å². The maximum absolute atomic E-state index is 12.1. The maximum Gasteiger partial charge on any atom is 0.379 e.